The second kappa shape index (κ2) is 7.80. The molecule has 0 heterocycles. The largest absolute Gasteiger partial charge is 0.484 e. The zero-order valence-electron chi connectivity index (χ0n) is 12.0. The molecule has 8 heteroatoms. The van der Waals surface area contributed by atoms with E-state index >= 15 is 0 Å². The Kier molecular flexibility index (Phi) is 6.39. The van der Waals surface area contributed by atoms with Crippen LogP contribution < -0.4 is 10.1 Å². The Hall–Kier alpha value is -1.86. The van der Waals surface area contributed by atoms with Crippen molar-refractivity contribution in [3.05, 3.63) is 33.3 Å². The minimum atomic E-state index is -0.728. The maximum Gasteiger partial charge on any atom is 0.326 e. The van der Waals surface area contributed by atoms with Crippen LogP contribution in [-0.2, 0) is 9.53 Å². The Morgan fingerprint density at radius 1 is 1.48 bits per heavy atom. The minimum absolute atomic E-state index is 0.00644. The lowest BCUT2D eigenvalue weighted by molar-refractivity contribution is -0.385. The van der Waals surface area contributed by atoms with E-state index < -0.39 is 16.9 Å². The molecule has 0 aromatic heterocycles. The average molecular weight is 317 g/mol. The maximum atomic E-state index is 11.6. The molecule has 1 aromatic carbocycles. The van der Waals surface area contributed by atoms with Gasteiger partial charge in [-0.3, -0.25) is 20.2 Å². The Labute approximate surface area is 127 Å². The lowest BCUT2D eigenvalue weighted by Crippen LogP contribution is -2.45. The number of nitrogens with zero attached hydrogens (tertiary/aromatic N) is 1. The third kappa shape index (κ3) is 5.20. The first-order valence-electron chi connectivity index (χ1n) is 6.25. The molecule has 1 unspecified atom stereocenters. The van der Waals surface area contributed by atoms with Gasteiger partial charge in [-0.05, 0) is 6.07 Å². The molecule has 1 N–H and O–H groups in total. The van der Waals surface area contributed by atoms with Crippen LogP contribution in [0.3, 0.4) is 0 Å². The van der Waals surface area contributed by atoms with Gasteiger partial charge in [0.05, 0.1) is 12.0 Å². The molecular weight excluding hydrogens is 300 g/mol. The summed E-state index contributed by atoms with van der Waals surface area (Å²) in [6.07, 6.45) is 0. The van der Waals surface area contributed by atoms with Gasteiger partial charge in [-0.25, -0.2) is 0 Å². The number of nitro groups is 1. The summed E-state index contributed by atoms with van der Waals surface area (Å²) in [6.45, 7) is 3.61. The number of nitrogens with one attached hydrogen (secondary N) is 1. The van der Waals surface area contributed by atoms with E-state index in [1.165, 1.54) is 25.3 Å². The van der Waals surface area contributed by atoms with Crippen LogP contribution in [-0.4, -0.2) is 36.7 Å². The van der Waals surface area contributed by atoms with E-state index in [4.69, 9.17) is 16.3 Å². The number of hydrogen-bond donors (Lipinski definition) is 1. The van der Waals surface area contributed by atoms with Crippen LogP contribution in [0.25, 0.3) is 0 Å². The number of nitro benzene ring substituents is 1. The van der Waals surface area contributed by atoms with Crippen molar-refractivity contribution in [1.29, 1.82) is 0 Å². The van der Waals surface area contributed by atoms with E-state index in [2.05, 4.69) is 10.1 Å². The molecule has 7 nitrogen and oxygen atoms in total. The van der Waals surface area contributed by atoms with E-state index in [9.17, 15) is 14.9 Å². The first-order chi connectivity index (χ1) is 9.85. The summed E-state index contributed by atoms with van der Waals surface area (Å²) in [6, 6.07) is 3.28. The molecule has 0 saturated carbocycles. The van der Waals surface area contributed by atoms with Gasteiger partial charge in [0.15, 0.2) is 5.75 Å². The van der Waals surface area contributed by atoms with Gasteiger partial charge in [-0.15, -0.1) is 0 Å². The van der Waals surface area contributed by atoms with Crippen molar-refractivity contribution in [3.63, 3.8) is 0 Å². The summed E-state index contributed by atoms with van der Waals surface area (Å²) in [4.78, 5) is 22.0. The van der Waals surface area contributed by atoms with E-state index in [0.717, 1.165) is 0 Å². The van der Waals surface area contributed by atoms with Crippen molar-refractivity contribution in [2.75, 3.05) is 13.7 Å². The van der Waals surface area contributed by atoms with E-state index in [1.807, 2.05) is 13.8 Å². The summed E-state index contributed by atoms with van der Waals surface area (Å²) in [7, 11) is 1.26. The molecule has 1 rings (SSSR count). The first kappa shape index (κ1) is 17.2. The molecule has 0 aliphatic heterocycles. The molecule has 116 valence electrons. The molecule has 0 saturated heterocycles. The van der Waals surface area contributed by atoms with Crippen molar-refractivity contribution in [3.8, 4) is 5.75 Å². The van der Waals surface area contributed by atoms with Gasteiger partial charge >= 0.3 is 11.7 Å². The standard InChI is InChI=1S/C13H17ClN2O5/c1-8(2)15-10(13(17)20-3)7-21-12-6-9(14)4-5-11(12)16(18)19/h4-6,8,10,15H,7H2,1-3H3. The monoisotopic (exact) mass is 316 g/mol. The third-order valence-corrected chi connectivity index (χ3v) is 2.78. The quantitative estimate of drug-likeness (QED) is 0.471. The number of carbonyl (C=O) groups excluding carboxylic acids is 1. The highest BCUT2D eigenvalue weighted by molar-refractivity contribution is 6.30. The maximum absolute atomic E-state index is 11.6. The lowest BCUT2D eigenvalue weighted by atomic mass is 10.2. The number of ether oxygens (including phenoxy) is 2. The summed E-state index contributed by atoms with van der Waals surface area (Å²) in [5.41, 5.74) is -0.215. The molecule has 0 bridgehead atoms. The van der Waals surface area contributed by atoms with Gasteiger partial charge in [-0.2, -0.15) is 0 Å². The minimum Gasteiger partial charge on any atom is -0.484 e. The van der Waals surface area contributed by atoms with Gasteiger partial charge in [0.2, 0.25) is 0 Å². The average Bonchev–Trinajstić information content (AvgIpc) is 2.41. The Balaban J connectivity index is 2.86. The number of methoxy groups -OCH3 is 1. The molecule has 0 aliphatic carbocycles. The van der Waals surface area contributed by atoms with Crippen LogP contribution in [0.4, 0.5) is 5.69 Å². The van der Waals surface area contributed by atoms with Crippen LogP contribution in [0.1, 0.15) is 13.8 Å². The number of hydrogen-bond acceptors (Lipinski definition) is 6. The predicted molar refractivity (Wildman–Crippen MR) is 77.7 cm³/mol. The fraction of sp³-hybridized carbons (Fsp3) is 0.462. The van der Waals surface area contributed by atoms with Crippen molar-refractivity contribution in [2.45, 2.75) is 25.9 Å². The van der Waals surface area contributed by atoms with Crippen LogP contribution in [0.2, 0.25) is 5.02 Å². The molecule has 0 spiro atoms. The number of halogens is 1. The fourth-order valence-corrected chi connectivity index (χ4v) is 1.82. The Morgan fingerprint density at radius 2 is 2.14 bits per heavy atom. The van der Waals surface area contributed by atoms with Gasteiger partial charge in [0.25, 0.3) is 0 Å². The molecule has 0 fully saturated rings. The van der Waals surface area contributed by atoms with E-state index in [-0.39, 0.29) is 24.1 Å². The van der Waals surface area contributed by atoms with E-state index in [1.54, 1.807) is 0 Å². The fourth-order valence-electron chi connectivity index (χ4n) is 1.66. The smallest absolute Gasteiger partial charge is 0.326 e. The first-order valence-corrected chi connectivity index (χ1v) is 6.63. The van der Waals surface area contributed by atoms with Gasteiger partial charge in [-0.1, -0.05) is 25.4 Å². The van der Waals surface area contributed by atoms with Crippen molar-refractivity contribution in [1.82, 2.24) is 5.32 Å². The number of rotatable bonds is 7. The third-order valence-electron chi connectivity index (χ3n) is 2.54. The van der Waals surface area contributed by atoms with Crippen molar-refractivity contribution >= 4 is 23.3 Å². The zero-order valence-corrected chi connectivity index (χ0v) is 12.7. The normalized spacial score (nSPS) is 12.0. The van der Waals surface area contributed by atoms with Crippen molar-refractivity contribution < 1.29 is 19.2 Å². The highest BCUT2D eigenvalue weighted by Crippen LogP contribution is 2.29. The summed E-state index contributed by atoms with van der Waals surface area (Å²) < 4.78 is 10.0. The lowest BCUT2D eigenvalue weighted by Gasteiger charge is -2.19. The number of benzene rings is 1. The summed E-state index contributed by atoms with van der Waals surface area (Å²) in [5, 5.41) is 14.2. The second-order valence-corrected chi connectivity index (χ2v) is 5.01. The van der Waals surface area contributed by atoms with Crippen molar-refractivity contribution in [2.24, 2.45) is 0 Å². The van der Waals surface area contributed by atoms with Crippen LogP contribution in [0.5, 0.6) is 5.75 Å². The summed E-state index contributed by atoms with van der Waals surface area (Å²) >= 11 is 5.80. The molecule has 1 atom stereocenters. The number of esters is 1. The number of carbonyl (C=O) groups is 1. The molecule has 0 aliphatic rings. The van der Waals surface area contributed by atoms with Crippen LogP contribution in [0.15, 0.2) is 18.2 Å². The highest BCUT2D eigenvalue weighted by Gasteiger charge is 2.23. The Bertz CT molecular complexity index is 521. The van der Waals surface area contributed by atoms with Gasteiger partial charge in [0, 0.05) is 23.2 Å². The topological polar surface area (TPSA) is 90.7 Å². The second-order valence-electron chi connectivity index (χ2n) is 4.58. The molecule has 1 aromatic rings. The zero-order chi connectivity index (χ0) is 16.0. The molecule has 21 heavy (non-hydrogen) atoms. The van der Waals surface area contributed by atoms with E-state index in [0.29, 0.717) is 5.02 Å². The molecule has 0 amide bonds. The SMILES string of the molecule is COC(=O)C(COc1cc(Cl)ccc1[N+](=O)[O-])NC(C)C. The highest BCUT2D eigenvalue weighted by atomic mass is 35.5. The van der Waals surface area contributed by atoms with Gasteiger partial charge < -0.3 is 9.47 Å². The summed E-state index contributed by atoms with van der Waals surface area (Å²) in [5.74, 6) is -0.500. The Morgan fingerprint density at radius 3 is 2.67 bits per heavy atom. The predicted octanol–water partition coefficient (Wildman–Crippen LogP) is 2.17. The van der Waals surface area contributed by atoms with Crippen LogP contribution in [0, 0.1) is 10.1 Å². The molecular formula is C13H17ClN2O5. The molecule has 0 radical (unpaired) electrons. The van der Waals surface area contributed by atoms with Crippen LogP contribution >= 0.6 is 11.6 Å². The van der Waals surface area contributed by atoms with Gasteiger partial charge in [0.1, 0.15) is 12.6 Å².